The lowest BCUT2D eigenvalue weighted by Crippen LogP contribution is -2.10. The second kappa shape index (κ2) is 9.05. The van der Waals surface area contributed by atoms with E-state index < -0.39 is 0 Å². The molecule has 4 nitrogen and oxygen atoms in total. The fourth-order valence-electron chi connectivity index (χ4n) is 3.71. The van der Waals surface area contributed by atoms with Crippen LogP contribution in [0.1, 0.15) is 23.6 Å². The summed E-state index contributed by atoms with van der Waals surface area (Å²) >= 11 is 3.48. The molecule has 3 aromatic carbocycles. The molecule has 0 fully saturated rings. The Hall–Kier alpha value is -3.31. The number of hydrogen-bond donors (Lipinski definition) is 1. The van der Waals surface area contributed by atoms with Gasteiger partial charge in [0.1, 0.15) is 11.3 Å². The number of nitrogens with one attached hydrogen (secondary N) is 1. The number of allylic oxidation sites excluding steroid dienone is 1. The zero-order valence-electron chi connectivity index (χ0n) is 18.5. The highest BCUT2D eigenvalue weighted by Crippen LogP contribution is 2.37. The molecule has 0 saturated carbocycles. The number of aryl methyl sites for hydroxylation is 1. The van der Waals surface area contributed by atoms with Gasteiger partial charge < -0.3 is 14.5 Å². The number of rotatable bonds is 5. The first-order valence-electron chi connectivity index (χ1n) is 10.3. The van der Waals surface area contributed by atoms with Gasteiger partial charge in [0.2, 0.25) is 5.91 Å². The van der Waals surface area contributed by atoms with Gasteiger partial charge in [0.25, 0.3) is 0 Å². The molecule has 162 valence electrons. The Labute approximate surface area is 196 Å². The maximum Gasteiger partial charge on any atom is 0.248 e. The summed E-state index contributed by atoms with van der Waals surface area (Å²) in [5, 5.41) is 3.95. The second-order valence-corrected chi connectivity index (χ2v) is 8.68. The van der Waals surface area contributed by atoms with Crippen molar-refractivity contribution in [1.29, 1.82) is 0 Å². The molecule has 0 aliphatic carbocycles. The molecule has 0 unspecified atom stereocenters. The van der Waals surface area contributed by atoms with Crippen molar-refractivity contribution in [3.05, 3.63) is 88.1 Å². The van der Waals surface area contributed by atoms with Crippen molar-refractivity contribution in [3.63, 3.8) is 0 Å². The lowest BCUT2D eigenvalue weighted by atomic mass is 9.99. The lowest BCUT2D eigenvalue weighted by molar-refractivity contribution is -0.111. The SMILES string of the molecule is COc1cc2occ(-c3ccc(Br)cc3)c2cc1/C(C)=C/C(=O)Nc1cccc(C)c1C. The molecular weight excluding hydrogens is 466 g/mol. The number of ether oxygens (including phenoxy) is 1. The number of halogens is 1. The van der Waals surface area contributed by atoms with E-state index in [4.69, 9.17) is 9.15 Å². The number of anilines is 1. The Balaban J connectivity index is 1.71. The van der Waals surface area contributed by atoms with Crippen LogP contribution < -0.4 is 10.1 Å². The van der Waals surface area contributed by atoms with Gasteiger partial charge in [0.15, 0.2) is 0 Å². The molecule has 0 aliphatic rings. The summed E-state index contributed by atoms with van der Waals surface area (Å²) in [4.78, 5) is 12.7. The van der Waals surface area contributed by atoms with Gasteiger partial charge in [-0.2, -0.15) is 0 Å². The van der Waals surface area contributed by atoms with Gasteiger partial charge in [-0.3, -0.25) is 4.79 Å². The van der Waals surface area contributed by atoms with Crippen molar-refractivity contribution in [1.82, 2.24) is 0 Å². The van der Waals surface area contributed by atoms with Gasteiger partial charge in [-0.25, -0.2) is 0 Å². The van der Waals surface area contributed by atoms with E-state index in [1.165, 1.54) is 0 Å². The Morgan fingerprint density at radius 1 is 1.09 bits per heavy atom. The maximum atomic E-state index is 12.7. The van der Waals surface area contributed by atoms with Crippen LogP contribution in [-0.2, 0) is 4.79 Å². The first-order chi connectivity index (χ1) is 15.4. The molecule has 1 amide bonds. The van der Waals surface area contributed by atoms with Crippen LogP contribution in [0.25, 0.3) is 27.7 Å². The quantitative estimate of drug-likeness (QED) is 0.294. The molecule has 1 N–H and O–H groups in total. The van der Waals surface area contributed by atoms with E-state index in [1.54, 1.807) is 19.4 Å². The number of furan rings is 1. The van der Waals surface area contributed by atoms with Gasteiger partial charge in [-0.15, -0.1) is 0 Å². The number of hydrogen-bond acceptors (Lipinski definition) is 3. The van der Waals surface area contributed by atoms with E-state index in [1.807, 2.05) is 75.4 Å². The van der Waals surface area contributed by atoms with Crippen molar-refractivity contribution in [2.24, 2.45) is 0 Å². The number of carbonyl (C=O) groups is 1. The molecule has 32 heavy (non-hydrogen) atoms. The van der Waals surface area contributed by atoms with Crippen LogP contribution in [0.2, 0.25) is 0 Å². The summed E-state index contributed by atoms with van der Waals surface area (Å²) < 4.78 is 12.4. The third-order valence-electron chi connectivity index (χ3n) is 5.69. The zero-order chi connectivity index (χ0) is 22.8. The Kier molecular flexibility index (Phi) is 6.19. The molecule has 0 bridgehead atoms. The second-order valence-electron chi connectivity index (χ2n) is 7.77. The Morgan fingerprint density at radius 2 is 1.84 bits per heavy atom. The van der Waals surface area contributed by atoms with Crippen LogP contribution in [0.4, 0.5) is 5.69 Å². The van der Waals surface area contributed by atoms with Crippen molar-refractivity contribution in [2.75, 3.05) is 12.4 Å². The molecule has 0 aliphatic heterocycles. The number of methoxy groups -OCH3 is 1. The molecule has 1 heterocycles. The number of fused-ring (bicyclic) bond motifs is 1. The minimum atomic E-state index is -0.182. The first kappa shape index (κ1) is 21.9. The summed E-state index contributed by atoms with van der Waals surface area (Å²) in [6.07, 6.45) is 3.36. The van der Waals surface area contributed by atoms with Crippen LogP contribution in [0.3, 0.4) is 0 Å². The summed E-state index contributed by atoms with van der Waals surface area (Å²) in [6.45, 7) is 5.94. The molecule has 4 rings (SSSR count). The summed E-state index contributed by atoms with van der Waals surface area (Å²) in [5.41, 5.74) is 7.43. The molecule has 0 radical (unpaired) electrons. The summed E-state index contributed by atoms with van der Waals surface area (Å²) in [6, 6.07) is 17.8. The molecule has 0 spiro atoms. The fraction of sp³-hybridized carbons (Fsp3) is 0.148. The number of carbonyl (C=O) groups excluding carboxylic acids is 1. The Morgan fingerprint density at radius 3 is 2.56 bits per heavy atom. The molecule has 0 saturated heterocycles. The average molecular weight is 490 g/mol. The van der Waals surface area contributed by atoms with E-state index in [0.717, 1.165) is 54.5 Å². The molecule has 0 atom stereocenters. The van der Waals surface area contributed by atoms with Crippen molar-refractivity contribution >= 4 is 44.1 Å². The third-order valence-corrected chi connectivity index (χ3v) is 6.21. The molecule has 5 heteroatoms. The maximum absolute atomic E-state index is 12.7. The zero-order valence-corrected chi connectivity index (χ0v) is 20.0. The van der Waals surface area contributed by atoms with Crippen LogP contribution >= 0.6 is 15.9 Å². The lowest BCUT2D eigenvalue weighted by Gasteiger charge is -2.11. The van der Waals surface area contributed by atoms with E-state index >= 15 is 0 Å². The van der Waals surface area contributed by atoms with Gasteiger partial charge >= 0.3 is 0 Å². The predicted molar refractivity (Wildman–Crippen MR) is 134 cm³/mol. The fourth-order valence-corrected chi connectivity index (χ4v) is 3.98. The number of benzene rings is 3. The summed E-state index contributed by atoms with van der Waals surface area (Å²) in [5.74, 6) is 0.473. The smallest absolute Gasteiger partial charge is 0.248 e. The van der Waals surface area contributed by atoms with Gasteiger partial charge in [0, 0.05) is 38.8 Å². The standard InChI is InChI=1S/C27H24BrNO3/c1-16-6-5-7-24(18(16)3)29-27(30)12-17(2)21-13-22-23(19-8-10-20(28)11-9-19)15-32-26(22)14-25(21)31-4/h5-15H,1-4H3,(H,29,30)/b17-12+. The van der Waals surface area contributed by atoms with Crippen LogP contribution in [0.15, 0.2) is 75.8 Å². The largest absolute Gasteiger partial charge is 0.496 e. The summed E-state index contributed by atoms with van der Waals surface area (Å²) in [7, 11) is 1.62. The molecular formula is C27H24BrNO3. The van der Waals surface area contributed by atoms with Gasteiger partial charge in [0.05, 0.1) is 13.4 Å². The van der Waals surface area contributed by atoms with Gasteiger partial charge in [-0.05, 0) is 67.3 Å². The predicted octanol–water partition coefficient (Wildman–Crippen LogP) is 7.53. The van der Waals surface area contributed by atoms with E-state index in [9.17, 15) is 4.79 Å². The topological polar surface area (TPSA) is 51.5 Å². The highest BCUT2D eigenvalue weighted by Gasteiger charge is 2.15. The molecule has 4 aromatic rings. The normalized spacial score (nSPS) is 11.6. The average Bonchev–Trinajstić information content (AvgIpc) is 3.19. The third kappa shape index (κ3) is 4.34. The van der Waals surface area contributed by atoms with Crippen molar-refractivity contribution in [3.8, 4) is 16.9 Å². The minimum absolute atomic E-state index is 0.182. The van der Waals surface area contributed by atoms with Crippen LogP contribution in [-0.4, -0.2) is 13.0 Å². The van der Waals surface area contributed by atoms with E-state index in [2.05, 4.69) is 21.2 Å². The van der Waals surface area contributed by atoms with Crippen LogP contribution in [0.5, 0.6) is 5.75 Å². The number of amides is 1. The highest BCUT2D eigenvalue weighted by molar-refractivity contribution is 9.10. The van der Waals surface area contributed by atoms with Crippen molar-refractivity contribution in [2.45, 2.75) is 20.8 Å². The van der Waals surface area contributed by atoms with E-state index in [-0.39, 0.29) is 5.91 Å². The minimum Gasteiger partial charge on any atom is -0.496 e. The van der Waals surface area contributed by atoms with Gasteiger partial charge in [-0.1, -0.05) is 40.2 Å². The Bertz CT molecular complexity index is 1330. The highest BCUT2D eigenvalue weighted by atomic mass is 79.9. The first-order valence-corrected chi connectivity index (χ1v) is 11.1. The monoisotopic (exact) mass is 489 g/mol. The molecule has 1 aromatic heterocycles. The van der Waals surface area contributed by atoms with Crippen molar-refractivity contribution < 1.29 is 13.9 Å². The van der Waals surface area contributed by atoms with Crippen LogP contribution in [0, 0.1) is 13.8 Å². The van der Waals surface area contributed by atoms with E-state index in [0.29, 0.717) is 5.75 Å².